The smallest absolute Gasteiger partial charge is 0.181 e. The van der Waals surface area contributed by atoms with Gasteiger partial charge < -0.3 is 10.6 Å². The molecule has 2 N–H and O–H groups in total. The Balaban J connectivity index is 2.02. The third kappa shape index (κ3) is 1.63. The fraction of sp³-hybridized carbons (Fsp3) is 0.545. The summed E-state index contributed by atoms with van der Waals surface area (Å²) >= 11 is 3.49. The van der Waals surface area contributed by atoms with Gasteiger partial charge in [-0.25, -0.2) is 4.98 Å². The molecule has 3 nitrogen and oxygen atoms in total. The number of hydrogen-bond donors (Lipinski definition) is 1. The summed E-state index contributed by atoms with van der Waals surface area (Å²) in [6.07, 6.45) is 2.33. The molecule has 0 saturated heterocycles. The highest BCUT2D eigenvalue weighted by Crippen LogP contribution is 2.37. The van der Waals surface area contributed by atoms with E-state index in [1.165, 1.54) is 34.7 Å². The van der Waals surface area contributed by atoms with E-state index in [9.17, 15) is 0 Å². The van der Waals surface area contributed by atoms with Crippen LogP contribution in [0.4, 0.5) is 5.13 Å². The Kier molecular flexibility index (Phi) is 2.61. The lowest BCUT2D eigenvalue weighted by molar-refractivity contribution is 0.304. The molecular weight excluding hydrogens is 238 g/mol. The Bertz CT molecular complexity index is 514. The molecule has 0 amide bonds. The second-order valence-corrected chi connectivity index (χ2v) is 6.24. The highest BCUT2D eigenvalue weighted by atomic mass is 32.1. The van der Waals surface area contributed by atoms with Gasteiger partial charge in [-0.3, -0.25) is 0 Å². The summed E-state index contributed by atoms with van der Waals surface area (Å²) < 4.78 is 1.34. The van der Waals surface area contributed by atoms with Crippen molar-refractivity contribution in [2.24, 2.45) is 0 Å². The van der Waals surface area contributed by atoms with E-state index in [0.717, 1.165) is 17.8 Å². The normalized spacial score (nSPS) is 17.6. The topological polar surface area (TPSA) is 42.2 Å². The first-order chi connectivity index (χ1) is 7.78. The first-order valence-electron chi connectivity index (χ1n) is 5.67. The molecule has 0 bridgehead atoms. The van der Waals surface area contributed by atoms with Crippen molar-refractivity contribution in [2.45, 2.75) is 19.8 Å². The van der Waals surface area contributed by atoms with Gasteiger partial charge in [-0.1, -0.05) is 18.3 Å². The quantitative estimate of drug-likeness (QED) is 0.848. The lowest BCUT2D eigenvalue weighted by Gasteiger charge is -2.16. The summed E-state index contributed by atoms with van der Waals surface area (Å²) in [7, 11) is 0. The van der Waals surface area contributed by atoms with Gasteiger partial charge in [-0.15, -0.1) is 11.3 Å². The van der Waals surface area contributed by atoms with Crippen LogP contribution in [-0.2, 0) is 12.8 Å². The predicted octanol–water partition coefficient (Wildman–Crippen LogP) is 2.36. The van der Waals surface area contributed by atoms with Crippen molar-refractivity contribution in [3.63, 3.8) is 0 Å². The molecule has 3 rings (SSSR count). The number of nitrogens with zero attached hydrogens (tertiary/aromatic N) is 2. The number of thiophene rings is 1. The van der Waals surface area contributed by atoms with Gasteiger partial charge >= 0.3 is 0 Å². The third-order valence-corrected chi connectivity index (χ3v) is 5.48. The van der Waals surface area contributed by atoms with Gasteiger partial charge in [0, 0.05) is 18.0 Å². The molecule has 1 aliphatic heterocycles. The number of nitrogen functional groups attached to an aromatic ring is 1. The zero-order chi connectivity index (χ0) is 11.1. The summed E-state index contributed by atoms with van der Waals surface area (Å²) in [5.41, 5.74) is 7.28. The zero-order valence-corrected chi connectivity index (χ0v) is 11.0. The SMILES string of the molecule is CCN1CCc2sc3nc(N)sc3c2CC1. The molecule has 3 heterocycles. The average molecular weight is 253 g/mol. The van der Waals surface area contributed by atoms with Crippen LogP contribution in [0, 0.1) is 0 Å². The molecule has 0 unspecified atom stereocenters. The van der Waals surface area contributed by atoms with E-state index >= 15 is 0 Å². The van der Waals surface area contributed by atoms with Gasteiger partial charge in [0.2, 0.25) is 0 Å². The molecule has 0 atom stereocenters. The minimum atomic E-state index is 0.709. The maximum atomic E-state index is 5.76. The van der Waals surface area contributed by atoms with Crippen LogP contribution in [-0.4, -0.2) is 29.5 Å². The number of thiazole rings is 1. The number of aromatic nitrogens is 1. The van der Waals surface area contributed by atoms with Crippen LogP contribution in [0.1, 0.15) is 17.4 Å². The second kappa shape index (κ2) is 3.98. The van der Waals surface area contributed by atoms with Gasteiger partial charge in [0.15, 0.2) is 5.13 Å². The number of rotatable bonds is 1. The molecule has 0 spiro atoms. The largest absolute Gasteiger partial charge is 0.375 e. The van der Waals surface area contributed by atoms with E-state index in [4.69, 9.17) is 5.73 Å². The van der Waals surface area contributed by atoms with Crippen molar-refractivity contribution in [3.8, 4) is 0 Å². The van der Waals surface area contributed by atoms with E-state index in [0.29, 0.717) is 5.13 Å². The Morgan fingerprint density at radius 1 is 1.31 bits per heavy atom. The molecule has 0 radical (unpaired) electrons. The molecular formula is C11H15N3S2. The van der Waals surface area contributed by atoms with E-state index in [1.807, 2.05) is 11.3 Å². The summed E-state index contributed by atoms with van der Waals surface area (Å²) in [6, 6.07) is 0. The molecule has 0 fully saturated rings. The lowest BCUT2D eigenvalue weighted by atomic mass is 10.2. The number of hydrogen-bond acceptors (Lipinski definition) is 5. The number of anilines is 1. The summed E-state index contributed by atoms with van der Waals surface area (Å²) in [5.74, 6) is 0. The molecule has 2 aromatic rings. The molecule has 0 aliphatic carbocycles. The Morgan fingerprint density at radius 3 is 2.94 bits per heavy atom. The van der Waals surface area contributed by atoms with Gasteiger partial charge in [-0.05, 0) is 24.9 Å². The fourth-order valence-electron chi connectivity index (χ4n) is 2.30. The van der Waals surface area contributed by atoms with Gasteiger partial charge in [0.1, 0.15) is 4.83 Å². The Hall–Kier alpha value is -0.650. The second-order valence-electron chi connectivity index (χ2n) is 4.12. The monoisotopic (exact) mass is 253 g/mol. The van der Waals surface area contributed by atoms with E-state index in [-0.39, 0.29) is 0 Å². The molecule has 2 aromatic heterocycles. The van der Waals surface area contributed by atoms with Crippen molar-refractivity contribution >= 4 is 37.3 Å². The average Bonchev–Trinajstić information content (AvgIpc) is 2.68. The predicted molar refractivity (Wildman–Crippen MR) is 71.4 cm³/mol. The molecule has 16 heavy (non-hydrogen) atoms. The van der Waals surface area contributed by atoms with Gasteiger partial charge in [-0.2, -0.15) is 0 Å². The molecule has 0 aromatic carbocycles. The molecule has 1 aliphatic rings. The third-order valence-electron chi connectivity index (χ3n) is 3.22. The van der Waals surface area contributed by atoms with E-state index in [1.54, 1.807) is 11.3 Å². The van der Waals surface area contributed by atoms with Crippen molar-refractivity contribution in [1.29, 1.82) is 0 Å². The van der Waals surface area contributed by atoms with Gasteiger partial charge in [0.25, 0.3) is 0 Å². The van der Waals surface area contributed by atoms with Crippen LogP contribution >= 0.6 is 22.7 Å². The number of fused-ring (bicyclic) bond motifs is 3. The first-order valence-corrected chi connectivity index (χ1v) is 7.30. The Morgan fingerprint density at radius 2 is 2.12 bits per heavy atom. The van der Waals surface area contributed by atoms with Crippen LogP contribution in [0.15, 0.2) is 0 Å². The van der Waals surface area contributed by atoms with Crippen LogP contribution in [0.3, 0.4) is 0 Å². The van der Waals surface area contributed by atoms with E-state index in [2.05, 4.69) is 16.8 Å². The molecule has 5 heteroatoms. The maximum absolute atomic E-state index is 5.76. The molecule has 0 saturated carbocycles. The van der Waals surface area contributed by atoms with Crippen molar-refractivity contribution in [1.82, 2.24) is 9.88 Å². The number of nitrogens with two attached hydrogens (primary N) is 1. The first kappa shape index (κ1) is 10.5. The van der Waals surface area contributed by atoms with E-state index < -0.39 is 0 Å². The molecule has 86 valence electrons. The Labute approximate surface area is 103 Å². The maximum Gasteiger partial charge on any atom is 0.181 e. The summed E-state index contributed by atoms with van der Waals surface area (Å²) in [5, 5.41) is 0.709. The zero-order valence-electron chi connectivity index (χ0n) is 9.32. The standard InChI is InChI=1S/C11H15N3S2/c1-2-14-5-3-7-8(4-6-14)15-10-9(7)16-11(12)13-10/h2-6H2,1H3,(H2,12,13). The van der Waals surface area contributed by atoms with Crippen molar-refractivity contribution < 1.29 is 0 Å². The van der Waals surface area contributed by atoms with Crippen LogP contribution in [0.5, 0.6) is 0 Å². The lowest BCUT2D eigenvalue weighted by Crippen LogP contribution is -2.25. The summed E-state index contributed by atoms with van der Waals surface area (Å²) in [6.45, 7) is 5.75. The minimum Gasteiger partial charge on any atom is -0.375 e. The van der Waals surface area contributed by atoms with Crippen molar-refractivity contribution in [3.05, 3.63) is 10.4 Å². The van der Waals surface area contributed by atoms with Crippen molar-refractivity contribution in [2.75, 3.05) is 25.4 Å². The van der Waals surface area contributed by atoms with Crippen LogP contribution in [0.2, 0.25) is 0 Å². The van der Waals surface area contributed by atoms with Gasteiger partial charge in [0.05, 0.1) is 4.70 Å². The summed E-state index contributed by atoms with van der Waals surface area (Å²) in [4.78, 5) is 9.59. The van der Waals surface area contributed by atoms with Crippen LogP contribution < -0.4 is 5.73 Å². The minimum absolute atomic E-state index is 0.709. The highest BCUT2D eigenvalue weighted by Gasteiger charge is 2.19. The fourth-order valence-corrected chi connectivity index (χ4v) is 4.61. The van der Waals surface area contributed by atoms with Crippen LogP contribution in [0.25, 0.3) is 9.53 Å². The highest BCUT2D eigenvalue weighted by molar-refractivity contribution is 7.29. The number of likely N-dealkylation sites (N-methyl/N-ethyl adjacent to an activating group) is 1.